The number of hydrogen-bond donors (Lipinski definition) is 1. The van der Waals surface area contributed by atoms with Crippen molar-refractivity contribution in [2.45, 2.75) is 19.6 Å². The molecule has 2 amide bonds. The van der Waals surface area contributed by atoms with Crippen molar-refractivity contribution in [1.82, 2.24) is 24.8 Å². The lowest BCUT2D eigenvalue weighted by Crippen LogP contribution is -2.45. The Labute approximate surface area is 212 Å². The number of nitrogens with zero attached hydrogens (tertiary/aromatic N) is 5. The largest absolute Gasteiger partial charge is 0.417 e. The summed E-state index contributed by atoms with van der Waals surface area (Å²) in [7, 11) is 3.19. The van der Waals surface area contributed by atoms with Crippen LogP contribution < -0.4 is 5.73 Å². The first kappa shape index (κ1) is 24.5. The van der Waals surface area contributed by atoms with Gasteiger partial charge in [-0.1, -0.05) is 6.07 Å². The average Bonchev–Trinajstić information content (AvgIpc) is 3.44. The summed E-state index contributed by atoms with van der Waals surface area (Å²) >= 11 is 1.14. The van der Waals surface area contributed by atoms with Crippen molar-refractivity contribution in [3.63, 3.8) is 0 Å². The molecular weight excluding hydrogens is 505 g/mol. The number of hydrazine groups is 1. The topological polar surface area (TPSA) is 97.3 Å². The molecule has 3 heterocycles. The first-order chi connectivity index (χ1) is 17.5. The minimum Gasteiger partial charge on any atom is -0.383 e. The summed E-state index contributed by atoms with van der Waals surface area (Å²) in [5.74, 6) is -0.592. The highest BCUT2D eigenvalue weighted by atomic mass is 32.1. The zero-order valence-electron chi connectivity index (χ0n) is 20.0. The van der Waals surface area contributed by atoms with E-state index in [2.05, 4.69) is 10.1 Å². The van der Waals surface area contributed by atoms with Crippen LogP contribution in [0, 0.1) is 0 Å². The summed E-state index contributed by atoms with van der Waals surface area (Å²) in [5.41, 5.74) is 6.86. The van der Waals surface area contributed by atoms with E-state index in [1.165, 1.54) is 31.1 Å². The summed E-state index contributed by atoms with van der Waals surface area (Å²) in [5, 5.41) is 7.96. The van der Waals surface area contributed by atoms with Gasteiger partial charge in [0.2, 0.25) is 5.91 Å². The summed E-state index contributed by atoms with van der Waals surface area (Å²) in [4.78, 5) is 30.8. The lowest BCUT2D eigenvalue weighted by Gasteiger charge is -2.31. The number of aryl methyl sites for hydroxylation is 1. The van der Waals surface area contributed by atoms with Gasteiger partial charge in [-0.15, -0.1) is 11.3 Å². The number of alkyl halides is 3. The molecule has 3 aromatic heterocycles. The highest BCUT2D eigenvalue weighted by Crippen LogP contribution is 2.38. The maximum absolute atomic E-state index is 13.7. The van der Waals surface area contributed by atoms with Crippen LogP contribution in [-0.2, 0) is 24.6 Å². The van der Waals surface area contributed by atoms with Crippen molar-refractivity contribution in [2.75, 3.05) is 12.8 Å². The predicted molar refractivity (Wildman–Crippen MR) is 136 cm³/mol. The van der Waals surface area contributed by atoms with Crippen LogP contribution in [0.25, 0.3) is 31.9 Å². The molecule has 12 heteroatoms. The molecular formula is C25H21F3N6O2S. The molecule has 0 aliphatic heterocycles. The molecule has 5 rings (SSSR count). The minimum absolute atomic E-state index is 0.0563. The molecule has 0 radical (unpaired) electrons. The monoisotopic (exact) mass is 526 g/mol. The first-order valence-corrected chi connectivity index (χ1v) is 11.9. The first-order valence-electron chi connectivity index (χ1n) is 11.1. The summed E-state index contributed by atoms with van der Waals surface area (Å²) in [6.07, 6.45) is -2.92. The zero-order chi connectivity index (χ0) is 26.6. The van der Waals surface area contributed by atoms with Gasteiger partial charge in [0, 0.05) is 46.9 Å². The second-order valence-corrected chi connectivity index (χ2v) is 9.76. The van der Waals surface area contributed by atoms with Crippen LogP contribution in [0.3, 0.4) is 0 Å². The molecule has 0 spiro atoms. The van der Waals surface area contributed by atoms with Crippen LogP contribution in [0.4, 0.5) is 19.0 Å². The van der Waals surface area contributed by atoms with E-state index in [1.807, 2.05) is 0 Å². The van der Waals surface area contributed by atoms with Gasteiger partial charge in [-0.05, 0) is 36.4 Å². The lowest BCUT2D eigenvalue weighted by atomic mass is 10.1. The molecule has 0 fully saturated rings. The third-order valence-corrected chi connectivity index (χ3v) is 7.32. The Balaban J connectivity index is 1.58. The molecule has 0 saturated carbocycles. The number of anilines is 1. The van der Waals surface area contributed by atoms with Gasteiger partial charge in [0.1, 0.15) is 5.82 Å². The van der Waals surface area contributed by atoms with Gasteiger partial charge in [0.05, 0.1) is 34.7 Å². The highest BCUT2D eigenvalue weighted by Gasteiger charge is 2.33. The van der Waals surface area contributed by atoms with Crippen LogP contribution in [0.2, 0.25) is 0 Å². The molecule has 0 atom stereocenters. The van der Waals surface area contributed by atoms with E-state index in [-0.39, 0.29) is 17.5 Å². The number of fused-ring (bicyclic) bond motifs is 4. The fourth-order valence-electron chi connectivity index (χ4n) is 4.31. The van der Waals surface area contributed by atoms with Crippen LogP contribution >= 0.6 is 11.3 Å². The van der Waals surface area contributed by atoms with Gasteiger partial charge < -0.3 is 5.73 Å². The van der Waals surface area contributed by atoms with E-state index in [0.717, 1.165) is 22.4 Å². The maximum atomic E-state index is 13.7. The maximum Gasteiger partial charge on any atom is 0.417 e. The van der Waals surface area contributed by atoms with E-state index in [9.17, 15) is 22.8 Å². The number of nitrogens with two attached hydrogens (primary N) is 1. The van der Waals surface area contributed by atoms with Crippen molar-refractivity contribution < 1.29 is 22.8 Å². The fraction of sp³-hybridized carbons (Fsp3) is 0.200. The number of carbonyl (C=O) groups is 2. The molecule has 0 aliphatic carbocycles. The number of amides is 2. The number of nitrogen functional groups attached to an aromatic ring is 1. The molecule has 0 aliphatic rings. The third-order valence-electron chi connectivity index (χ3n) is 6.23. The predicted octanol–water partition coefficient (Wildman–Crippen LogP) is 4.97. The van der Waals surface area contributed by atoms with Crippen molar-refractivity contribution in [3.8, 4) is 0 Å². The Kier molecular flexibility index (Phi) is 5.78. The smallest absolute Gasteiger partial charge is 0.383 e. The second kappa shape index (κ2) is 8.73. The zero-order valence-corrected chi connectivity index (χ0v) is 20.8. The summed E-state index contributed by atoms with van der Waals surface area (Å²) in [6.45, 7) is 1.21. The van der Waals surface area contributed by atoms with Gasteiger partial charge in [-0.2, -0.15) is 18.3 Å². The van der Waals surface area contributed by atoms with Gasteiger partial charge in [0.25, 0.3) is 5.91 Å². The molecule has 37 heavy (non-hydrogen) atoms. The van der Waals surface area contributed by atoms with E-state index in [4.69, 9.17) is 5.73 Å². The molecule has 0 saturated heterocycles. The highest BCUT2D eigenvalue weighted by molar-refractivity contribution is 7.19. The van der Waals surface area contributed by atoms with E-state index in [0.29, 0.717) is 37.2 Å². The molecule has 0 unspecified atom stereocenters. The van der Waals surface area contributed by atoms with E-state index >= 15 is 0 Å². The second-order valence-electron chi connectivity index (χ2n) is 8.59. The number of thiophene rings is 1. The molecule has 5 aromatic rings. The number of pyridine rings is 1. The number of benzene rings is 2. The van der Waals surface area contributed by atoms with Crippen molar-refractivity contribution >= 4 is 60.9 Å². The Bertz CT molecular complexity index is 1710. The molecule has 8 nitrogen and oxygen atoms in total. The van der Waals surface area contributed by atoms with Crippen molar-refractivity contribution in [3.05, 3.63) is 64.7 Å². The number of aromatic nitrogens is 3. The molecule has 0 bridgehead atoms. The van der Waals surface area contributed by atoms with E-state index < -0.39 is 23.6 Å². The third kappa shape index (κ3) is 4.22. The average molecular weight is 527 g/mol. The normalized spacial score (nSPS) is 11.9. The number of halogens is 3. The standard InChI is InChI=1S/C25H21F3N6O2S/c1-13(35)33(3)34(12-15-10-16-19(25(26,27)28)5-4-6-21(16)37-15)24(36)14-7-8-20-17(9-14)22-18(23(29)31-20)11-30-32(22)2/h4-11H,12H2,1-3H3,(H2,29,31). The Morgan fingerprint density at radius 2 is 1.86 bits per heavy atom. The number of carbonyl (C=O) groups excluding carboxylic acids is 2. The van der Waals surface area contributed by atoms with Crippen molar-refractivity contribution in [2.24, 2.45) is 7.05 Å². The Morgan fingerprint density at radius 1 is 1.11 bits per heavy atom. The van der Waals surface area contributed by atoms with Crippen LogP contribution in [0.5, 0.6) is 0 Å². The van der Waals surface area contributed by atoms with Gasteiger partial charge in [0.15, 0.2) is 0 Å². The van der Waals surface area contributed by atoms with Gasteiger partial charge >= 0.3 is 6.18 Å². The van der Waals surface area contributed by atoms with E-state index in [1.54, 1.807) is 42.2 Å². The van der Waals surface area contributed by atoms with Crippen LogP contribution in [-0.4, -0.2) is 43.6 Å². The molecule has 2 N–H and O–H groups in total. The van der Waals surface area contributed by atoms with Gasteiger partial charge in [-0.3, -0.25) is 19.3 Å². The number of rotatable bonds is 3. The molecule has 2 aromatic carbocycles. The summed E-state index contributed by atoms with van der Waals surface area (Å²) in [6, 6.07) is 10.3. The Hall–Kier alpha value is -4.19. The van der Waals surface area contributed by atoms with Crippen LogP contribution in [0.15, 0.2) is 48.7 Å². The van der Waals surface area contributed by atoms with Gasteiger partial charge in [-0.25, -0.2) is 9.99 Å². The quantitative estimate of drug-likeness (QED) is 0.335. The number of hydrogen-bond acceptors (Lipinski definition) is 6. The SMILES string of the molecule is CC(=O)N(C)N(Cc1cc2c(C(F)(F)F)cccc2s1)C(=O)c1ccc2nc(N)c3cnn(C)c3c2c1. The minimum atomic E-state index is -4.51. The Morgan fingerprint density at radius 3 is 2.57 bits per heavy atom. The lowest BCUT2D eigenvalue weighted by molar-refractivity contribution is -0.140. The van der Waals surface area contributed by atoms with Crippen LogP contribution in [0.1, 0.15) is 27.7 Å². The molecule has 190 valence electrons. The fourth-order valence-corrected chi connectivity index (χ4v) is 5.38. The van der Waals surface area contributed by atoms with Crippen molar-refractivity contribution in [1.29, 1.82) is 0 Å². The summed E-state index contributed by atoms with van der Waals surface area (Å²) < 4.78 is 42.6.